The van der Waals surface area contributed by atoms with Crippen molar-refractivity contribution >= 4 is 0 Å². The monoisotopic (exact) mass is 215 g/mol. The largest absolute Gasteiger partial charge is 0.394 e. The van der Waals surface area contributed by atoms with Crippen LogP contribution in [0, 0.1) is 0 Å². The van der Waals surface area contributed by atoms with Crippen molar-refractivity contribution < 1.29 is 14.6 Å². The number of rotatable bonds is 3. The van der Waals surface area contributed by atoms with E-state index in [2.05, 4.69) is 11.9 Å². The quantitative estimate of drug-likeness (QED) is 0.748. The van der Waals surface area contributed by atoms with E-state index in [4.69, 9.17) is 14.6 Å². The van der Waals surface area contributed by atoms with Crippen molar-refractivity contribution in [1.82, 2.24) is 4.90 Å². The summed E-state index contributed by atoms with van der Waals surface area (Å²) in [6, 6.07) is 0.562. The third-order valence-electron chi connectivity index (χ3n) is 3.47. The van der Waals surface area contributed by atoms with Crippen molar-refractivity contribution in [2.24, 2.45) is 0 Å². The molecular weight excluding hydrogens is 194 g/mol. The molecule has 0 aromatic carbocycles. The molecule has 0 aliphatic carbocycles. The Bertz CT molecular complexity index is 224. The van der Waals surface area contributed by atoms with Crippen molar-refractivity contribution in [3.05, 3.63) is 0 Å². The number of nitrogens with zero attached hydrogens (tertiary/aromatic N) is 1. The molecule has 0 saturated carbocycles. The van der Waals surface area contributed by atoms with Crippen LogP contribution in [0.3, 0.4) is 0 Å². The van der Waals surface area contributed by atoms with E-state index in [-0.39, 0.29) is 12.7 Å². The molecule has 2 rings (SSSR count). The Morgan fingerprint density at radius 2 is 2.33 bits per heavy atom. The summed E-state index contributed by atoms with van der Waals surface area (Å²) < 4.78 is 11.4. The second-order valence-corrected chi connectivity index (χ2v) is 4.85. The summed E-state index contributed by atoms with van der Waals surface area (Å²) in [5.74, 6) is -0.489. The first-order valence-electron chi connectivity index (χ1n) is 5.76. The standard InChI is InChI=1S/C11H21NO3/c1-11(14-8-10(7-13)15-11)6-9-4-3-5-12(9)2/h9-10,13H,3-8H2,1-2H3. The van der Waals surface area contributed by atoms with E-state index >= 15 is 0 Å². The Kier molecular flexibility index (Phi) is 3.30. The summed E-state index contributed by atoms with van der Waals surface area (Å²) in [6.45, 7) is 3.72. The van der Waals surface area contributed by atoms with Crippen molar-refractivity contribution in [2.45, 2.75) is 44.1 Å². The molecule has 2 aliphatic heterocycles. The second-order valence-electron chi connectivity index (χ2n) is 4.85. The highest BCUT2D eigenvalue weighted by Gasteiger charge is 2.40. The molecule has 3 atom stereocenters. The van der Waals surface area contributed by atoms with Crippen LogP contribution < -0.4 is 0 Å². The zero-order valence-electron chi connectivity index (χ0n) is 9.61. The molecule has 4 nitrogen and oxygen atoms in total. The molecule has 88 valence electrons. The average molecular weight is 215 g/mol. The van der Waals surface area contributed by atoms with E-state index in [1.54, 1.807) is 0 Å². The van der Waals surface area contributed by atoms with Crippen LogP contribution in [0.4, 0.5) is 0 Å². The fourth-order valence-electron chi connectivity index (χ4n) is 2.55. The third kappa shape index (κ3) is 2.50. The van der Waals surface area contributed by atoms with Crippen molar-refractivity contribution in [3.63, 3.8) is 0 Å². The zero-order valence-corrected chi connectivity index (χ0v) is 9.61. The number of aliphatic hydroxyl groups excluding tert-OH is 1. The van der Waals surface area contributed by atoms with Gasteiger partial charge in [-0.15, -0.1) is 0 Å². The first kappa shape index (κ1) is 11.3. The minimum absolute atomic E-state index is 0.0517. The molecule has 4 heteroatoms. The van der Waals surface area contributed by atoms with E-state index in [0.29, 0.717) is 12.6 Å². The molecule has 0 aromatic rings. The first-order valence-corrected chi connectivity index (χ1v) is 5.76. The van der Waals surface area contributed by atoms with Gasteiger partial charge >= 0.3 is 0 Å². The van der Waals surface area contributed by atoms with Gasteiger partial charge in [0.05, 0.1) is 13.2 Å². The lowest BCUT2D eigenvalue weighted by atomic mass is 10.1. The van der Waals surface area contributed by atoms with Crippen molar-refractivity contribution in [1.29, 1.82) is 0 Å². The minimum atomic E-state index is -0.489. The molecule has 15 heavy (non-hydrogen) atoms. The van der Waals surface area contributed by atoms with Crippen LogP contribution in [0.5, 0.6) is 0 Å². The normalized spacial score (nSPS) is 42.6. The first-order chi connectivity index (χ1) is 7.13. The summed E-state index contributed by atoms with van der Waals surface area (Å²) in [5.41, 5.74) is 0. The lowest BCUT2D eigenvalue weighted by Crippen LogP contribution is -2.37. The van der Waals surface area contributed by atoms with Gasteiger partial charge in [-0.25, -0.2) is 0 Å². The Morgan fingerprint density at radius 1 is 1.53 bits per heavy atom. The predicted molar refractivity (Wildman–Crippen MR) is 56.6 cm³/mol. The van der Waals surface area contributed by atoms with Gasteiger partial charge < -0.3 is 19.5 Å². The van der Waals surface area contributed by atoms with Gasteiger partial charge in [0.25, 0.3) is 0 Å². The van der Waals surface area contributed by atoms with Gasteiger partial charge in [0, 0.05) is 12.5 Å². The Hall–Kier alpha value is -0.160. The van der Waals surface area contributed by atoms with Crippen molar-refractivity contribution in [3.8, 4) is 0 Å². The van der Waals surface area contributed by atoms with Crippen molar-refractivity contribution in [2.75, 3.05) is 26.8 Å². The predicted octanol–water partition coefficient (Wildman–Crippen LogP) is 0.595. The number of hydrogen-bond acceptors (Lipinski definition) is 4. The van der Waals surface area contributed by atoms with E-state index < -0.39 is 5.79 Å². The van der Waals surface area contributed by atoms with E-state index in [0.717, 1.165) is 6.42 Å². The number of ether oxygens (including phenoxy) is 2. The third-order valence-corrected chi connectivity index (χ3v) is 3.47. The van der Waals surface area contributed by atoms with Crippen LogP contribution in [0.2, 0.25) is 0 Å². The summed E-state index contributed by atoms with van der Waals surface area (Å²) in [6.07, 6.45) is 3.25. The molecule has 0 radical (unpaired) electrons. The summed E-state index contributed by atoms with van der Waals surface area (Å²) in [4.78, 5) is 2.37. The summed E-state index contributed by atoms with van der Waals surface area (Å²) in [7, 11) is 2.15. The van der Waals surface area contributed by atoms with Gasteiger partial charge in [0.15, 0.2) is 5.79 Å². The average Bonchev–Trinajstić information content (AvgIpc) is 2.75. The molecule has 0 amide bonds. The topological polar surface area (TPSA) is 41.9 Å². The molecule has 0 bridgehead atoms. The maximum atomic E-state index is 9.00. The van der Waals surface area contributed by atoms with Crippen LogP contribution in [0.25, 0.3) is 0 Å². The SMILES string of the molecule is CN1CCCC1CC1(C)OCC(CO)O1. The van der Waals surface area contributed by atoms with E-state index in [1.165, 1.54) is 19.4 Å². The minimum Gasteiger partial charge on any atom is -0.394 e. The Balaban J connectivity index is 1.88. The molecule has 2 fully saturated rings. The Labute approximate surface area is 91.2 Å². The van der Waals surface area contributed by atoms with Crippen LogP contribution >= 0.6 is 0 Å². The van der Waals surface area contributed by atoms with Gasteiger partial charge in [-0.3, -0.25) is 0 Å². The molecule has 3 unspecified atom stereocenters. The molecule has 2 saturated heterocycles. The summed E-state index contributed by atoms with van der Waals surface area (Å²) in [5, 5.41) is 9.00. The van der Waals surface area contributed by atoms with E-state index in [1.807, 2.05) is 6.92 Å². The van der Waals surface area contributed by atoms with Crippen LogP contribution in [0.1, 0.15) is 26.2 Å². The molecule has 0 spiro atoms. The highest BCUT2D eigenvalue weighted by molar-refractivity contribution is 4.84. The highest BCUT2D eigenvalue weighted by atomic mass is 16.7. The van der Waals surface area contributed by atoms with E-state index in [9.17, 15) is 0 Å². The van der Waals surface area contributed by atoms with Crippen LogP contribution in [0.15, 0.2) is 0 Å². The summed E-state index contributed by atoms with van der Waals surface area (Å²) >= 11 is 0. The fraction of sp³-hybridized carbons (Fsp3) is 1.00. The highest BCUT2D eigenvalue weighted by Crippen LogP contribution is 2.32. The molecule has 2 aliphatic rings. The fourth-order valence-corrected chi connectivity index (χ4v) is 2.55. The number of hydrogen-bond donors (Lipinski definition) is 1. The lowest BCUT2D eigenvalue weighted by Gasteiger charge is -2.29. The Morgan fingerprint density at radius 3 is 2.87 bits per heavy atom. The maximum Gasteiger partial charge on any atom is 0.167 e. The maximum absolute atomic E-state index is 9.00. The zero-order chi connectivity index (χ0) is 10.9. The van der Waals surface area contributed by atoms with Gasteiger partial charge in [0.2, 0.25) is 0 Å². The molecule has 0 aromatic heterocycles. The smallest absolute Gasteiger partial charge is 0.167 e. The molecule has 2 heterocycles. The van der Waals surface area contributed by atoms with Gasteiger partial charge in [-0.1, -0.05) is 0 Å². The van der Waals surface area contributed by atoms with Crippen LogP contribution in [-0.2, 0) is 9.47 Å². The van der Waals surface area contributed by atoms with Gasteiger partial charge in [-0.2, -0.15) is 0 Å². The van der Waals surface area contributed by atoms with Crippen LogP contribution in [-0.4, -0.2) is 54.7 Å². The van der Waals surface area contributed by atoms with Gasteiger partial charge in [-0.05, 0) is 33.4 Å². The second kappa shape index (κ2) is 4.37. The lowest BCUT2D eigenvalue weighted by molar-refractivity contribution is -0.169. The molecule has 1 N–H and O–H groups in total. The number of likely N-dealkylation sites (tertiary alicyclic amines) is 1. The van der Waals surface area contributed by atoms with Gasteiger partial charge in [0.1, 0.15) is 6.10 Å². The number of aliphatic hydroxyl groups is 1. The molecular formula is C11H21NO3.